The zero-order chi connectivity index (χ0) is 19.1. The monoisotopic (exact) mass is 378 g/mol. The van der Waals surface area contributed by atoms with Crippen molar-refractivity contribution in [1.29, 1.82) is 0 Å². The molecule has 1 fully saturated rings. The van der Waals surface area contributed by atoms with Crippen molar-refractivity contribution in [3.05, 3.63) is 28.7 Å². The molecule has 8 heteroatoms. The Morgan fingerprint density at radius 2 is 2.12 bits per heavy atom. The minimum Gasteiger partial charge on any atom is -0.504 e. The predicted octanol–water partition coefficient (Wildman–Crippen LogP) is 2.74. The largest absolute Gasteiger partial charge is 0.504 e. The van der Waals surface area contributed by atoms with Crippen LogP contribution in [0.4, 0.5) is 4.79 Å². The lowest BCUT2D eigenvalue weighted by molar-refractivity contribution is -0.129. The van der Waals surface area contributed by atoms with Crippen LogP contribution in [0.5, 0.6) is 11.5 Å². The van der Waals surface area contributed by atoms with E-state index in [0.717, 1.165) is 29.5 Å². The minimum absolute atomic E-state index is 0.000791. The highest BCUT2D eigenvalue weighted by Gasteiger charge is 2.36. The first-order valence-corrected chi connectivity index (χ1v) is 9.25. The van der Waals surface area contributed by atoms with Crippen LogP contribution in [0.2, 0.25) is 0 Å². The summed E-state index contributed by atoms with van der Waals surface area (Å²) in [6.07, 6.45) is 3.33. The molecule has 0 atom stereocenters. The summed E-state index contributed by atoms with van der Waals surface area (Å²) >= 11 is 0.786. The van der Waals surface area contributed by atoms with Gasteiger partial charge in [-0.15, -0.1) is 0 Å². The fraction of sp³-hybridized carbons (Fsp3) is 0.389. The maximum Gasteiger partial charge on any atom is 0.294 e. The summed E-state index contributed by atoms with van der Waals surface area (Å²) in [6.45, 7) is 4.43. The lowest BCUT2D eigenvalue weighted by Gasteiger charge is -2.12. The molecule has 1 aromatic carbocycles. The van der Waals surface area contributed by atoms with Crippen molar-refractivity contribution in [1.82, 2.24) is 10.2 Å². The van der Waals surface area contributed by atoms with E-state index in [0.29, 0.717) is 24.5 Å². The Balaban J connectivity index is 2.09. The Bertz CT molecular complexity index is 732. The number of unbranched alkanes of at least 4 members (excludes halogenated alkanes) is 1. The summed E-state index contributed by atoms with van der Waals surface area (Å²) in [7, 11) is 0. The number of aromatic hydroxyl groups is 1. The van der Waals surface area contributed by atoms with Gasteiger partial charge < -0.3 is 15.2 Å². The van der Waals surface area contributed by atoms with Gasteiger partial charge in [0.15, 0.2) is 11.5 Å². The number of rotatable bonds is 8. The van der Waals surface area contributed by atoms with Crippen LogP contribution in [0.1, 0.15) is 32.3 Å². The molecule has 1 heterocycles. The number of carbonyl (C=O) groups excluding carboxylic acids is 3. The molecule has 0 aliphatic carbocycles. The third-order valence-electron chi connectivity index (χ3n) is 3.61. The summed E-state index contributed by atoms with van der Waals surface area (Å²) in [4.78, 5) is 37.5. The van der Waals surface area contributed by atoms with Gasteiger partial charge in [0.1, 0.15) is 6.54 Å². The quantitative estimate of drug-likeness (QED) is 0.533. The van der Waals surface area contributed by atoms with Crippen molar-refractivity contribution in [2.45, 2.75) is 26.7 Å². The lowest BCUT2D eigenvalue weighted by atomic mass is 10.2. The van der Waals surface area contributed by atoms with Crippen LogP contribution in [0.3, 0.4) is 0 Å². The highest BCUT2D eigenvalue weighted by Crippen LogP contribution is 2.34. The normalized spacial score (nSPS) is 15.6. The van der Waals surface area contributed by atoms with Crippen LogP contribution in [-0.2, 0) is 9.59 Å². The molecule has 0 spiro atoms. The number of phenols is 1. The van der Waals surface area contributed by atoms with Gasteiger partial charge in [0.25, 0.3) is 11.1 Å². The first-order chi connectivity index (χ1) is 12.5. The van der Waals surface area contributed by atoms with Crippen molar-refractivity contribution in [3.63, 3.8) is 0 Å². The molecule has 7 nitrogen and oxygen atoms in total. The van der Waals surface area contributed by atoms with Crippen molar-refractivity contribution in [3.8, 4) is 11.5 Å². The number of nitrogens with zero attached hydrogens (tertiary/aromatic N) is 1. The lowest BCUT2D eigenvalue weighted by Crippen LogP contribution is -2.39. The molecule has 0 saturated carbocycles. The average molecular weight is 378 g/mol. The smallest absolute Gasteiger partial charge is 0.294 e. The Hall–Kier alpha value is -2.48. The number of phenolic OH excluding ortho intramolecular Hbond substituents is 1. The number of hydrogen-bond donors (Lipinski definition) is 2. The molecule has 0 radical (unpaired) electrons. The number of benzene rings is 1. The van der Waals surface area contributed by atoms with Gasteiger partial charge in [-0.25, -0.2) is 0 Å². The number of imide groups is 1. The number of amides is 3. The van der Waals surface area contributed by atoms with Gasteiger partial charge in [-0.3, -0.25) is 19.3 Å². The van der Waals surface area contributed by atoms with Gasteiger partial charge >= 0.3 is 0 Å². The SMILES string of the molecule is CCCCNC(=O)CN1C(=O)S/C(=C\c2ccc(O)c(OCC)c2)C1=O. The summed E-state index contributed by atoms with van der Waals surface area (Å²) in [5, 5.41) is 11.9. The third kappa shape index (κ3) is 5.01. The van der Waals surface area contributed by atoms with Crippen LogP contribution in [-0.4, -0.2) is 46.8 Å². The molecule has 0 bridgehead atoms. The first kappa shape index (κ1) is 19.8. The second-order valence-corrected chi connectivity index (χ2v) is 6.62. The van der Waals surface area contributed by atoms with Crippen molar-refractivity contribution < 1.29 is 24.2 Å². The van der Waals surface area contributed by atoms with E-state index in [4.69, 9.17) is 4.74 Å². The number of carbonyl (C=O) groups is 3. The van der Waals surface area contributed by atoms with Gasteiger partial charge in [-0.1, -0.05) is 19.4 Å². The van der Waals surface area contributed by atoms with E-state index in [2.05, 4.69) is 5.32 Å². The molecule has 140 valence electrons. The molecule has 3 amide bonds. The molecule has 1 aliphatic rings. The molecule has 2 rings (SSSR count). The fourth-order valence-electron chi connectivity index (χ4n) is 2.28. The zero-order valence-electron chi connectivity index (χ0n) is 14.8. The second kappa shape index (κ2) is 9.28. The van der Waals surface area contributed by atoms with Gasteiger partial charge in [-0.2, -0.15) is 0 Å². The minimum atomic E-state index is -0.503. The maximum absolute atomic E-state index is 12.4. The number of thioether (sulfide) groups is 1. The standard InChI is InChI=1S/C18H22N2O5S/c1-3-5-8-19-16(22)11-20-17(23)15(26-18(20)24)10-12-6-7-13(21)14(9-12)25-4-2/h6-7,9-10,21H,3-5,8,11H2,1-2H3,(H,19,22)/b15-10-. The second-order valence-electron chi connectivity index (χ2n) is 5.63. The Kier molecular flexibility index (Phi) is 7.08. The van der Waals surface area contributed by atoms with E-state index >= 15 is 0 Å². The predicted molar refractivity (Wildman–Crippen MR) is 99.9 cm³/mol. The molecular weight excluding hydrogens is 356 g/mol. The van der Waals surface area contributed by atoms with E-state index in [1.54, 1.807) is 25.1 Å². The van der Waals surface area contributed by atoms with Crippen LogP contribution in [0.25, 0.3) is 6.08 Å². The molecule has 0 unspecified atom stereocenters. The highest BCUT2D eigenvalue weighted by atomic mass is 32.2. The van der Waals surface area contributed by atoms with Gasteiger partial charge in [0, 0.05) is 6.54 Å². The highest BCUT2D eigenvalue weighted by molar-refractivity contribution is 8.18. The fourth-order valence-corrected chi connectivity index (χ4v) is 3.12. The average Bonchev–Trinajstić information content (AvgIpc) is 2.86. The maximum atomic E-state index is 12.4. The van der Waals surface area contributed by atoms with Crippen molar-refractivity contribution in [2.75, 3.05) is 19.7 Å². The number of ether oxygens (including phenoxy) is 1. The van der Waals surface area contributed by atoms with Crippen LogP contribution in [0, 0.1) is 0 Å². The van der Waals surface area contributed by atoms with E-state index in [-0.39, 0.29) is 23.1 Å². The Labute approximate surface area is 156 Å². The number of hydrogen-bond acceptors (Lipinski definition) is 6. The number of nitrogens with one attached hydrogen (secondary N) is 1. The van der Waals surface area contributed by atoms with E-state index in [9.17, 15) is 19.5 Å². The van der Waals surface area contributed by atoms with E-state index in [1.165, 1.54) is 6.07 Å². The van der Waals surface area contributed by atoms with Gasteiger partial charge in [0.2, 0.25) is 5.91 Å². The van der Waals surface area contributed by atoms with Crippen LogP contribution in [0.15, 0.2) is 23.1 Å². The summed E-state index contributed by atoms with van der Waals surface area (Å²) in [5.41, 5.74) is 0.615. The molecule has 1 aliphatic heterocycles. The zero-order valence-corrected chi connectivity index (χ0v) is 15.6. The molecule has 1 aromatic rings. The molecule has 2 N–H and O–H groups in total. The first-order valence-electron chi connectivity index (χ1n) is 8.44. The third-order valence-corrected chi connectivity index (χ3v) is 4.52. The Morgan fingerprint density at radius 1 is 1.35 bits per heavy atom. The molecule has 26 heavy (non-hydrogen) atoms. The summed E-state index contributed by atoms with van der Waals surface area (Å²) in [6, 6.07) is 4.66. The van der Waals surface area contributed by atoms with Crippen LogP contribution < -0.4 is 10.1 Å². The van der Waals surface area contributed by atoms with Crippen LogP contribution >= 0.6 is 11.8 Å². The van der Waals surface area contributed by atoms with E-state index < -0.39 is 11.1 Å². The van der Waals surface area contributed by atoms with Gasteiger partial charge in [0.05, 0.1) is 11.5 Å². The molecule has 0 aromatic heterocycles. The molecule has 1 saturated heterocycles. The topological polar surface area (TPSA) is 95.9 Å². The van der Waals surface area contributed by atoms with Crippen molar-refractivity contribution >= 4 is 34.9 Å². The summed E-state index contributed by atoms with van der Waals surface area (Å²) < 4.78 is 5.31. The van der Waals surface area contributed by atoms with E-state index in [1.807, 2.05) is 6.92 Å². The van der Waals surface area contributed by atoms with Crippen molar-refractivity contribution in [2.24, 2.45) is 0 Å². The van der Waals surface area contributed by atoms with Gasteiger partial charge in [-0.05, 0) is 48.9 Å². The summed E-state index contributed by atoms with van der Waals surface area (Å²) in [5.74, 6) is -0.557. The Morgan fingerprint density at radius 3 is 2.81 bits per heavy atom. The molecular formula is C18H22N2O5S.